The molecule has 1 unspecified atom stereocenters. The Morgan fingerprint density at radius 2 is 1.83 bits per heavy atom. The summed E-state index contributed by atoms with van der Waals surface area (Å²) in [7, 11) is 0. The van der Waals surface area contributed by atoms with Crippen LogP contribution in [0.1, 0.15) is 37.7 Å². The minimum absolute atomic E-state index is 0.0694. The highest BCUT2D eigenvalue weighted by atomic mass is 16.5. The zero-order valence-electron chi connectivity index (χ0n) is 11.0. The van der Waals surface area contributed by atoms with Crippen molar-refractivity contribution in [2.45, 2.75) is 37.6 Å². The molecule has 2 fully saturated rings. The Morgan fingerprint density at radius 1 is 1.06 bits per heavy atom. The summed E-state index contributed by atoms with van der Waals surface area (Å²) >= 11 is 0. The van der Waals surface area contributed by atoms with Crippen molar-refractivity contribution in [3.63, 3.8) is 0 Å². The van der Waals surface area contributed by atoms with E-state index in [1.165, 1.54) is 37.7 Å². The summed E-state index contributed by atoms with van der Waals surface area (Å²) in [5.74, 6) is 0.731. The smallest absolute Gasteiger partial charge is 0.0701 e. The quantitative estimate of drug-likeness (QED) is 0.864. The average Bonchev–Trinajstić information content (AvgIpc) is 2.50. The maximum absolute atomic E-state index is 5.83. The van der Waals surface area contributed by atoms with Gasteiger partial charge in [-0.2, -0.15) is 0 Å². The summed E-state index contributed by atoms with van der Waals surface area (Å²) in [5.41, 5.74) is 1.48. The molecule has 0 amide bonds. The van der Waals surface area contributed by atoms with Crippen LogP contribution < -0.4 is 5.32 Å². The summed E-state index contributed by atoms with van der Waals surface area (Å²) in [6, 6.07) is 10.9. The monoisotopic (exact) mass is 245 g/mol. The van der Waals surface area contributed by atoms with Gasteiger partial charge in [-0.3, -0.25) is 0 Å². The van der Waals surface area contributed by atoms with Gasteiger partial charge in [0, 0.05) is 6.54 Å². The molecule has 1 aliphatic carbocycles. The van der Waals surface area contributed by atoms with Crippen LogP contribution in [-0.4, -0.2) is 19.8 Å². The fourth-order valence-electron chi connectivity index (χ4n) is 3.64. The predicted molar refractivity (Wildman–Crippen MR) is 73.5 cm³/mol. The van der Waals surface area contributed by atoms with Gasteiger partial charge in [0.05, 0.1) is 18.8 Å². The molecule has 1 aromatic rings. The molecule has 18 heavy (non-hydrogen) atoms. The normalized spacial score (nSPS) is 30.2. The van der Waals surface area contributed by atoms with E-state index in [2.05, 4.69) is 35.6 Å². The van der Waals surface area contributed by atoms with E-state index in [-0.39, 0.29) is 5.54 Å². The molecule has 3 rings (SSSR count). The number of morpholine rings is 1. The fourth-order valence-corrected chi connectivity index (χ4v) is 3.64. The topological polar surface area (TPSA) is 21.3 Å². The second-order valence-electron chi connectivity index (χ2n) is 5.65. The molecule has 1 aliphatic heterocycles. The van der Waals surface area contributed by atoms with Gasteiger partial charge in [-0.25, -0.2) is 0 Å². The molecule has 1 saturated heterocycles. The summed E-state index contributed by atoms with van der Waals surface area (Å²) in [5, 5.41) is 3.79. The van der Waals surface area contributed by atoms with Gasteiger partial charge in [0.15, 0.2) is 0 Å². The van der Waals surface area contributed by atoms with Gasteiger partial charge >= 0.3 is 0 Å². The van der Waals surface area contributed by atoms with Crippen molar-refractivity contribution < 1.29 is 4.74 Å². The first-order chi connectivity index (χ1) is 8.92. The van der Waals surface area contributed by atoms with E-state index in [4.69, 9.17) is 4.74 Å². The lowest BCUT2D eigenvalue weighted by atomic mass is 9.71. The highest BCUT2D eigenvalue weighted by molar-refractivity contribution is 5.26. The minimum Gasteiger partial charge on any atom is -0.378 e. The number of hydrogen-bond donors (Lipinski definition) is 1. The van der Waals surface area contributed by atoms with Gasteiger partial charge in [-0.05, 0) is 24.3 Å². The highest BCUT2D eigenvalue weighted by Gasteiger charge is 2.42. The maximum Gasteiger partial charge on any atom is 0.0701 e. The van der Waals surface area contributed by atoms with Crippen LogP contribution in [0, 0.1) is 5.92 Å². The molecular formula is C16H23NO. The van der Waals surface area contributed by atoms with E-state index in [1.807, 2.05) is 0 Å². The largest absolute Gasteiger partial charge is 0.378 e. The average molecular weight is 245 g/mol. The summed E-state index contributed by atoms with van der Waals surface area (Å²) < 4.78 is 5.83. The van der Waals surface area contributed by atoms with Crippen LogP contribution in [-0.2, 0) is 10.3 Å². The van der Waals surface area contributed by atoms with Crippen molar-refractivity contribution in [2.75, 3.05) is 19.8 Å². The lowest BCUT2D eigenvalue weighted by molar-refractivity contribution is -0.0145. The first-order valence-corrected chi connectivity index (χ1v) is 7.30. The SMILES string of the molecule is c1ccc(C2(C3CCCCC3)COCCN2)cc1. The first-order valence-electron chi connectivity index (χ1n) is 7.30. The summed E-state index contributed by atoms with van der Waals surface area (Å²) in [4.78, 5) is 0. The third kappa shape index (κ3) is 2.19. The molecule has 1 heterocycles. The summed E-state index contributed by atoms with van der Waals surface area (Å²) in [6.07, 6.45) is 6.83. The van der Waals surface area contributed by atoms with E-state index in [0.717, 1.165) is 25.7 Å². The highest BCUT2D eigenvalue weighted by Crippen LogP contribution is 2.40. The second kappa shape index (κ2) is 5.41. The van der Waals surface area contributed by atoms with Crippen LogP contribution in [0.5, 0.6) is 0 Å². The summed E-state index contributed by atoms with van der Waals surface area (Å²) in [6.45, 7) is 2.66. The molecule has 98 valence electrons. The zero-order valence-corrected chi connectivity index (χ0v) is 11.0. The zero-order chi connectivity index (χ0) is 12.3. The molecule has 2 nitrogen and oxygen atoms in total. The third-order valence-electron chi connectivity index (χ3n) is 4.61. The molecule has 2 heteroatoms. The number of ether oxygens (including phenoxy) is 1. The van der Waals surface area contributed by atoms with Crippen molar-refractivity contribution >= 4 is 0 Å². The van der Waals surface area contributed by atoms with E-state index in [0.29, 0.717) is 0 Å². The Bertz CT molecular complexity index is 364. The van der Waals surface area contributed by atoms with Gasteiger partial charge in [-0.15, -0.1) is 0 Å². The lowest BCUT2D eigenvalue weighted by Crippen LogP contribution is -2.56. The molecule has 1 aromatic carbocycles. The van der Waals surface area contributed by atoms with E-state index in [9.17, 15) is 0 Å². The first kappa shape index (κ1) is 12.2. The third-order valence-corrected chi connectivity index (χ3v) is 4.61. The Balaban J connectivity index is 1.92. The maximum atomic E-state index is 5.83. The van der Waals surface area contributed by atoms with E-state index >= 15 is 0 Å². The van der Waals surface area contributed by atoms with Crippen LogP contribution in [0.3, 0.4) is 0 Å². The standard InChI is InChI=1S/C16H23NO/c1-3-7-14(8-4-1)16(13-18-12-11-17-16)15-9-5-2-6-10-15/h1,3-4,7-8,15,17H,2,5-6,9-13H2. The lowest BCUT2D eigenvalue weighted by Gasteiger charge is -2.46. The van der Waals surface area contributed by atoms with Crippen molar-refractivity contribution in [2.24, 2.45) is 5.92 Å². The van der Waals surface area contributed by atoms with Crippen molar-refractivity contribution in [1.82, 2.24) is 5.32 Å². The van der Waals surface area contributed by atoms with Gasteiger partial charge in [0.2, 0.25) is 0 Å². The van der Waals surface area contributed by atoms with Gasteiger partial charge < -0.3 is 10.1 Å². The molecule has 1 atom stereocenters. The van der Waals surface area contributed by atoms with Crippen LogP contribution in [0.25, 0.3) is 0 Å². The van der Waals surface area contributed by atoms with Crippen LogP contribution in [0.15, 0.2) is 30.3 Å². The number of benzene rings is 1. The number of rotatable bonds is 2. The predicted octanol–water partition coefficient (Wildman–Crippen LogP) is 3.08. The Labute approximate surface area is 110 Å². The van der Waals surface area contributed by atoms with Crippen LogP contribution >= 0.6 is 0 Å². The second-order valence-corrected chi connectivity index (χ2v) is 5.65. The molecular weight excluding hydrogens is 222 g/mol. The van der Waals surface area contributed by atoms with E-state index < -0.39 is 0 Å². The minimum atomic E-state index is 0.0694. The Morgan fingerprint density at radius 3 is 2.50 bits per heavy atom. The van der Waals surface area contributed by atoms with Crippen molar-refractivity contribution in [3.05, 3.63) is 35.9 Å². The van der Waals surface area contributed by atoms with Crippen molar-refractivity contribution in [1.29, 1.82) is 0 Å². The molecule has 1 saturated carbocycles. The molecule has 1 N–H and O–H groups in total. The van der Waals surface area contributed by atoms with Gasteiger partial charge in [0.25, 0.3) is 0 Å². The van der Waals surface area contributed by atoms with Gasteiger partial charge in [-0.1, -0.05) is 49.6 Å². The molecule has 0 aromatic heterocycles. The van der Waals surface area contributed by atoms with Crippen LogP contribution in [0.2, 0.25) is 0 Å². The van der Waals surface area contributed by atoms with Gasteiger partial charge in [0.1, 0.15) is 0 Å². The number of hydrogen-bond acceptors (Lipinski definition) is 2. The molecule has 0 spiro atoms. The Hall–Kier alpha value is -0.860. The molecule has 2 aliphatic rings. The fraction of sp³-hybridized carbons (Fsp3) is 0.625. The van der Waals surface area contributed by atoms with E-state index in [1.54, 1.807) is 0 Å². The molecule has 0 radical (unpaired) electrons. The van der Waals surface area contributed by atoms with Crippen molar-refractivity contribution in [3.8, 4) is 0 Å². The molecule has 0 bridgehead atoms. The van der Waals surface area contributed by atoms with Crippen LogP contribution in [0.4, 0.5) is 0 Å². The number of nitrogens with one attached hydrogen (secondary N) is 1. The Kier molecular flexibility index (Phi) is 3.67.